The predicted octanol–water partition coefficient (Wildman–Crippen LogP) is 3.71. The summed E-state index contributed by atoms with van der Waals surface area (Å²) in [6.45, 7) is 10.7. The Kier molecular flexibility index (Phi) is 3.16. The summed E-state index contributed by atoms with van der Waals surface area (Å²) in [6, 6.07) is 4.39. The zero-order valence-corrected chi connectivity index (χ0v) is 11.8. The van der Waals surface area contributed by atoms with Crippen LogP contribution >= 0.6 is 0 Å². The first-order chi connectivity index (χ1) is 8.41. The number of aromatic nitrogens is 2. The standard InChI is InChI=1S/C15H21N3/c1-8(2)14-13(15(16)18-17-14)12-10(4)6-9(3)7-11(12)5/h6-8H,1-5H3,(H3,16,17,18). The number of H-pyrrole nitrogens is 1. The van der Waals surface area contributed by atoms with E-state index in [2.05, 4.69) is 56.9 Å². The van der Waals surface area contributed by atoms with E-state index in [-0.39, 0.29) is 0 Å². The topological polar surface area (TPSA) is 54.7 Å². The number of aryl methyl sites for hydroxylation is 3. The van der Waals surface area contributed by atoms with Crippen LogP contribution in [0.5, 0.6) is 0 Å². The van der Waals surface area contributed by atoms with Crippen LogP contribution in [0.2, 0.25) is 0 Å². The van der Waals surface area contributed by atoms with Gasteiger partial charge in [0, 0.05) is 11.3 Å². The van der Waals surface area contributed by atoms with E-state index in [0.717, 1.165) is 11.3 Å². The van der Waals surface area contributed by atoms with E-state index in [1.807, 2.05) is 0 Å². The van der Waals surface area contributed by atoms with E-state index in [0.29, 0.717) is 11.7 Å². The van der Waals surface area contributed by atoms with Gasteiger partial charge in [-0.2, -0.15) is 5.10 Å². The highest BCUT2D eigenvalue weighted by Crippen LogP contribution is 2.36. The van der Waals surface area contributed by atoms with Crippen molar-refractivity contribution in [2.24, 2.45) is 0 Å². The molecule has 0 bridgehead atoms. The molecule has 1 heterocycles. The minimum atomic E-state index is 0.380. The highest BCUT2D eigenvalue weighted by Gasteiger charge is 2.18. The number of nitrogens with one attached hydrogen (secondary N) is 1. The van der Waals surface area contributed by atoms with Crippen LogP contribution in [0.3, 0.4) is 0 Å². The Morgan fingerprint density at radius 1 is 1.06 bits per heavy atom. The number of nitrogens with two attached hydrogens (primary N) is 1. The molecule has 0 unspecified atom stereocenters. The SMILES string of the molecule is Cc1cc(C)c(-c2c(N)n[nH]c2C(C)C)c(C)c1. The molecule has 3 N–H and O–H groups in total. The quantitative estimate of drug-likeness (QED) is 0.844. The van der Waals surface area contributed by atoms with Crippen molar-refractivity contribution >= 4 is 5.82 Å². The van der Waals surface area contributed by atoms with Gasteiger partial charge in [-0.15, -0.1) is 0 Å². The Morgan fingerprint density at radius 2 is 1.61 bits per heavy atom. The van der Waals surface area contributed by atoms with Crippen molar-refractivity contribution in [1.82, 2.24) is 10.2 Å². The Labute approximate surface area is 108 Å². The molecule has 0 radical (unpaired) electrons. The molecule has 0 spiro atoms. The number of nitrogens with zero attached hydrogens (tertiary/aromatic N) is 1. The molecule has 96 valence electrons. The van der Waals surface area contributed by atoms with Crippen molar-refractivity contribution in [3.8, 4) is 11.1 Å². The molecule has 3 nitrogen and oxygen atoms in total. The zero-order valence-electron chi connectivity index (χ0n) is 11.8. The first-order valence-corrected chi connectivity index (χ1v) is 6.33. The summed E-state index contributed by atoms with van der Waals surface area (Å²) in [4.78, 5) is 0. The maximum atomic E-state index is 6.04. The summed E-state index contributed by atoms with van der Waals surface area (Å²) in [5.74, 6) is 0.971. The first kappa shape index (κ1) is 12.7. The van der Waals surface area contributed by atoms with Gasteiger partial charge in [-0.1, -0.05) is 31.5 Å². The van der Waals surface area contributed by atoms with E-state index in [1.54, 1.807) is 0 Å². The largest absolute Gasteiger partial charge is 0.382 e. The smallest absolute Gasteiger partial charge is 0.153 e. The minimum Gasteiger partial charge on any atom is -0.382 e. The van der Waals surface area contributed by atoms with E-state index >= 15 is 0 Å². The highest BCUT2D eigenvalue weighted by atomic mass is 15.2. The molecule has 0 amide bonds. The lowest BCUT2D eigenvalue weighted by atomic mass is 9.91. The van der Waals surface area contributed by atoms with Crippen LogP contribution in [0, 0.1) is 20.8 Å². The summed E-state index contributed by atoms with van der Waals surface area (Å²) >= 11 is 0. The van der Waals surface area contributed by atoms with Crippen LogP contribution < -0.4 is 5.73 Å². The van der Waals surface area contributed by atoms with Crippen molar-refractivity contribution in [2.75, 3.05) is 5.73 Å². The fourth-order valence-electron chi connectivity index (χ4n) is 2.63. The van der Waals surface area contributed by atoms with Gasteiger partial charge in [-0.3, -0.25) is 5.10 Å². The molecule has 0 aliphatic rings. The maximum absolute atomic E-state index is 6.04. The van der Waals surface area contributed by atoms with Gasteiger partial charge in [0.25, 0.3) is 0 Å². The number of aromatic amines is 1. The molecule has 1 aromatic carbocycles. The third-order valence-electron chi connectivity index (χ3n) is 3.33. The third-order valence-corrected chi connectivity index (χ3v) is 3.33. The molecule has 0 atom stereocenters. The van der Waals surface area contributed by atoms with Crippen LogP contribution in [0.1, 0.15) is 42.1 Å². The van der Waals surface area contributed by atoms with Crippen molar-refractivity contribution in [3.63, 3.8) is 0 Å². The predicted molar refractivity (Wildman–Crippen MR) is 76.7 cm³/mol. The normalized spacial score (nSPS) is 11.2. The van der Waals surface area contributed by atoms with Crippen molar-refractivity contribution < 1.29 is 0 Å². The second-order valence-corrected chi connectivity index (χ2v) is 5.33. The number of rotatable bonds is 2. The molecule has 2 rings (SSSR count). The fraction of sp³-hybridized carbons (Fsp3) is 0.400. The Balaban J connectivity index is 2.73. The second kappa shape index (κ2) is 4.48. The Morgan fingerprint density at radius 3 is 2.11 bits per heavy atom. The van der Waals surface area contributed by atoms with Crippen molar-refractivity contribution in [1.29, 1.82) is 0 Å². The van der Waals surface area contributed by atoms with E-state index < -0.39 is 0 Å². The van der Waals surface area contributed by atoms with Crippen LogP contribution in [-0.4, -0.2) is 10.2 Å². The summed E-state index contributed by atoms with van der Waals surface area (Å²) in [6.07, 6.45) is 0. The molecule has 0 fully saturated rings. The van der Waals surface area contributed by atoms with Gasteiger partial charge in [0.15, 0.2) is 5.82 Å². The van der Waals surface area contributed by atoms with Gasteiger partial charge in [-0.25, -0.2) is 0 Å². The fourth-order valence-corrected chi connectivity index (χ4v) is 2.63. The van der Waals surface area contributed by atoms with Gasteiger partial charge < -0.3 is 5.73 Å². The summed E-state index contributed by atoms with van der Waals surface area (Å²) in [5, 5.41) is 7.24. The van der Waals surface area contributed by atoms with Gasteiger partial charge in [0.2, 0.25) is 0 Å². The monoisotopic (exact) mass is 243 g/mol. The summed E-state index contributed by atoms with van der Waals surface area (Å²) in [7, 11) is 0. The summed E-state index contributed by atoms with van der Waals surface area (Å²) < 4.78 is 0. The van der Waals surface area contributed by atoms with Crippen LogP contribution in [0.15, 0.2) is 12.1 Å². The molecule has 0 saturated carbocycles. The Hall–Kier alpha value is -1.77. The molecule has 0 aliphatic carbocycles. The number of anilines is 1. The van der Waals surface area contributed by atoms with E-state index in [1.165, 1.54) is 22.3 Å². The Bertz CT molecular complexity index is 556. The average molecular weight is 243 g/mol. The van der Waals surface area contributed by atoms with Gasteiger partial charge in [0.1, 0.15) is 0 Å². The van der Waals surface area contributed by atoms with Crippen LogP contribution in [-0.2, 0) is 0 Å². The van der Waals surface area contributed by atoms with Crippen LogP contribution in [0.4, 0.5) is 5.82 Å². The number of hydrogen-bond acceptors (Lipinski definition) is 2. The van der Waals surface area contributed by atoms with E-state index in [9.17, 15) is 0 Å². The van der Waals surface area contributed by atoms with Crippen molar-refractivity contribution in [3.05, 3.63) is 34.5 Å². The highest BCUT2D eigenvalue weighted by molar-refractivity contribution is 5.81. The first-order valence-electron chi connectivity index (χ1n) is 6.33. The van der Waals surface area contributed by atoms with E-state index in [4.69, 9.17) is 5.73 Å². The molecule has 0 aliphatic heterocycles. The second-order valence-electron chi connectivity index (χ2n) is 5.33. The molecular formula is C15H21N3. The third kappa shape index (κ3) is 2.01. The molecule has 18 heavy (non-hydrogen) atoms. The lowest BCUT2D eigenvalue weighted by molar-refractivity contribution is 0.812. The molecule has 3 heteroatoms. The van der Waals surface area contributed by atoms with Gasteiger partial charge in [0.05, 0.1) is 0 Å². The zero-order chi connectivity index (χ0) is 13.4. The molecular weight excluding hydrogens is 222 g/mol. The van der Waals surface area contributed by atoms with Gasteiger partial charge in [-0.05, 0) is 43.4 Å². The average Bonchev–Trinajstić information content (AvgIpc) is 2.59. The minimum absolute atomic E-state index is 0.380. The van der Waals surface area contributed by atoms with Crippen molar-refractivity contribution in [2.45, 2.75) is 40.5 Å². The molecule has 2 aromatic rings. The maximum Gasteiger partial charge on any atom is 0.153 e. The lowest BCUT2D eigenvalue weighted by Gasteiger charge is -2.14. The summed E-state index contributed by atoms with van der Waals surface area (Å²) in [5.41, 5.74) is 13.2. The molecule has 0 saturated heterocycles. The van der Waals surface area contributed by atoms with Crippen LogP contribution in [0.25, 0.3) is 11.1 Å². The number of nitrogen functional groups attached to an aromatic ring is 1. The lowest BCUT2D eigenvalue weighted by Crippen LogP contribution is -1.97. The number of hydrogen-bond donors (Lipinski definition) is 2. The van der Waals surface area contributed by atoms with Gasteiger partial charge >= 0.3 is 0 Å². The molecule has 1 aromatic heterocycles. The number of benzene rings is 1.